The van der Waals surface area contributed by atoms with Gasteiger partial charge in [0.05, 0.1) is 17.7 Å². The third-order valence-electron chi connectivity index (χ3n) is 5.14. The number of benzene rings is 2. The molecule has 0 N–H and O–H groups in total. The predicted octanol–water partition coefficient (Wildman–Crippen LogP) is 3.05. The summed E-state index contributed by atoms with van der Waals surface area (Å²) in [6.07, 6.45) is 2.17. The topological polar surface area (TPSA) is 94.4 Å². The number of imide groups is 1. The number of nitrogens with zero attached hydrogens (tertiary/aromatic N) is 4. The highest BCUT2D eigenvalue weighted by Gasteiger charge is 2.38. The van der Waals surface area contributed by atoms with Gasteiger partial charge in [-0.2, -0.15) is 0 Å². The number of thioether (sulfide) groups is 1. The number of rotatable bonds is 7. The molecule has 5 rings (SSSR count). The van der Waals surface area contributed by atoms with E-state index < -0.39 is 17.8 Å². The van der Waals surface area contributed by atoms with Crippen LogP contribution in [-0.2, 0) is 16.2 Å². The first-order valence-electron chi connectivity index (χ1n) is 9.90. The van der Waals surface area contributed by atoms with Gasteiger partial charge in [-0.05, 0) is 30.5 Å². The van der Waals surface area contributed by atoms with Crippen LogP contribution in [0.3, 0.4) is 0 Å². The Hall–Kier alpha value is -3.46. The number of amides is 2. The van der Waals surface area contributed by atoms with E-state index in [2.05, 4.69) is 10.2 Å². The average molecular weight is 434 g/mol. The van der Waals surface area contributed by atoms with E-state index in [1.54, 1.807) is 12.1 Å². The largest absolute Gasteiger partial charge is 0.343 e. The van der Waals surface area contributed by atoms with E-state index in [0.29, 0.717) is 22.7 Å². The van der Waals surface area contributed by atoms with Gasteiger partial charge in [0, 0.05) is 5.92 Å². The van der Waals surface area contributed by atoms with E-state index in [1.165, 1.54) is 23.9 Å². The van der Waals surface area contributed by atoms with Crippen molar-refractivity contribution in [2.24, 2.45) is 0 Å². The van der Waals surface area contributed by atoms with Crippen molar-refractivity contribution in [3.8, 4) is 0 Å². The van der Waals surface area contributed by atoms with Crippen LogP contribution < -0.4 is 0 Å². The Bertz CT molecular complexity index is 1140. The van der Waals surface area contributed by atoms with Gasteiger partial charge in [-0.15, -0.1) is 10.2 Å². The Balaban J connectivity index is 1.27. The highest BCUT2D eigenvalue weighted by molar-refractivity contribution is 7.99. The van der Waals surface area contributed by atoms with Crippen LogP contribution in [0.15, 0.2) is 59.8 Å². The zero-order valence-electron chi connectivity index (χ0n) is 16.4. The molecule has 0 atom stereocenters. The van der Waals surface area contributed by atoms with E-state index in [-0.39, 0.29) is 16.9 Å². The highest BCUT2D eigenvalue weighted by Crippen LogP contribution is 2.40. The first kappa shape index (κ1) is 19.5. The monoisotopic (exact) mass is 434 g/mol. The summed E-state index contributed by atoms with van der Waals surface area (Å²) in [6.45, 7) is 0.607. The second-order valence-electron chi connectivity index (χ2n) is 7.39. The number of hydrogen-bond donors (Lipinski definition) is 0. The number of hydrogen-bond acceptors (Lipinski definition) is 7. The highest BCUT2D eigenvalue weighted by atomic mass is 32.2. The Kier molecular flexibility index (Phi) is 5.03. The first-order valence-corrected chi connectivity index (χ1v) is 10.9. The van der Waals surface area contributed by atoms with Gasteiger partial charge in [-0.3, -0.25) is 9.59 Å². The molecule has 8 nitrogen and oxygen atoms in total. The van der Waals surface area contributed by atoms with Crippen LogP contribution in [-0.4, -0.2) is 43.4 Å². The van der Waals surface area contributed by atoms with Gasteiger partial charge in [0.2, 0.25) is 0 Å². The van der Waals surface area contributed by atoms with Crippen LogP contribution in [0.4, 0.5) is 0 Å². The Morgan fingerprint density at radius 2 is 1.61 bits per heavy atom. The van der Waals surface area contributed by atoms with Crippen LogP contribution in [0, 0.1) is 0 Å². The maximum Gasteiger partial charge on any atom is 0.343 e. The van der Waals surface area contributed by atoms with Gasteiger partial charge in [-0.25, -0.2) is 4.79 Å². The minimum Gasteiger partial charge on any atom is -0.329 e. The standard InChI is InChI=1S/C22H18N4O4S/c27-18(30-26-20(28)16-8-4-5-9-17(16)21(26)29)13-31-22-24-23-19(15-10-11-15)25(22)12-14-6-2-1-3-7-14/h1-9,15H,10-13H2. The van der Waals surface area contributed by atoms with E-state index >= 15 is 0 Å². The van der Waals surface area contributed by atoms with Crippen LogP contribution >= 0.6 is 11.8 Å². The maximum atomic E-state index is 12.4. The molecule has 1 aromatic heterocycles. The van der Waals surface area contributed by atoms with Gasteiger partial charge in [0.1, 0.15) is 11.6 Å². The molecule has 9 heteroatoms. The summed E-state index contributed by atoms with van der Waals surface area (Å²) in [4.78, 5) is 42.2. The minimum absolute atomic E-state index is 0.106. The molecule has 2 aliphatic rings. The molecule has 3 aromatic rings. The summed E-state index contributed by atoms with van der Waals surface area (Å²) >= 11 is 1.18. The van der Waals surface area contributed by atoms with Crippen LogP contribution in [0.1, 0.15) is 50.9 Å². The summed E-state index contributed by atoms with van der Waals surface area (Å²) in [5, 5.41) is 9.72. The number of carbonyl (C=O) groups is 3. The lowest BCUT2D eigenvalue weighted by Gasteiger charge is -2.13. The Labute approximate surface area is 182 Å². The number of fused-ring (bicyclic) bond motifs is 1. The molecule has 0 saturated heterocycles. The summed E-state index contributed by atoms with van der Waals surface area (Å²) in [7, 11) is 0. The lowest BCUT2D eigenvalue weighted by atomic mass is 10.1. The fraction of sp³-hybridized carbons (Fsp3) is 0.227. The van der Waals surface area contributed by atoms with Crippen molar-refractivity contribution in [1.82, 2.24) is 19.8 Å². The molecule has 31 heavy (non-hydrogen) atoms. The lowest BCUT2D eigenvalue weighted by Crippen LogP contribution is -2.33. The van der Waals surface area contributed by atoms with E-state index in [0.717, 1.165) is 24.2 Å². The molecule has 0 radical (unpaired) electrons. The molecule has 1 fully saturated rings. The third-order valence-corrected chi connectivity index (χ3v) is 6.08. The van der Waals surface area contributed by atoms with Crippen molar-refractivity contribution in [3.05, 3.63) is 77.1 Å². The van der Waals surface area contributed by atoms with Crippen molar-refractivity contribution >= 4 is 29.5 Å². The predicted molar refractivity (Wildman–Crippen MR) is 111 cm³/mol. The quantitative estimate of drug-likeness (QED) is 0.417. The van der Waals surface area contributed by atoms with Crippen molar-refractivity contribution < 1.29 is 19.2 Å². The molecular formula is C22H18N4O4S. The smallest absolute Gasteiger partial charge is 0.329 e. The van der Waals surface area contributed by atoms with Crippen LogP contribution in [0.5, 0.6) is 0 Å². The summed E-state index contributed by atoms with van der Waals surface area (Å²) in [5.41, 5.74) is 1.56. The number of hydroxylamine groups is 2. The number of aromatic nitrogens is 3. The first-order chi connectivity index (χ1) is 15.1. The van der Waals surface area contributed by atoms with Gasteiger partial charge in [0.15, 0.2) is 5.16 Å². The Morgan fingerprint density at radius 1 is 0.968 bits per heavy atom. The lowest BCUT2D eigenvalue weighted by molar-refractivity contribution is -0.165. The molecule has 2 aromatic carbocycles. The SMILES string of the molecule is O=C(CSc1nnc(C2CC2)n1Cc1ccccc1)ON1C(=O)c2ccccc2C1=O. The molecule has 2 amide bonds. The zero-order valence-corrected chi connectivity index (χ0v) is 17.2. The van der Waals surface area contributed by atoms with Crippen molar-refractivity contribution in [1.29, 1.82) is 0 Å². The normalized spacial score (nSPS) is 15.3. The molecule has 156 valence electrons. The van der Waals surface area contributed by atoms with E-state index in [9.17, 15) is 14.4 Å². The molecule has 0 unspecified atom stereocenters. The second kappa shape index (κ2) is 7.99. The number of carbonyl (C=O) groups excluding carboxylic acids is 3. The minimum atomic E-state index is -0.707. The molecular weight excluding hydrogens is 416 g/mol. The molecule has 2 heterocycles. The summed E-state index contributed by atoms with van der Waals surface area (Å²) in [6, 6.07) is 16.3. The van der Waals surface area contributed by atoms with Gasteiger partial charge in [-0.1, -0.05) is 59.3 Å². The van der Waals surface area contributed by atoms with E-state index in [1.807, 2.05) is 34.9 Å². The third kappa shape index (κ3) is 3.84. The van der Waals surface area contributed by atoms with E-state index in [4.69, 9.17) is 4.84 Å². The summed E-state index contributed by atoms with van der Waals surface area (Å²) < 4.78 is 2.02. The molecule has 1 saturated carbocycles. The Morgan fingerprint density at radius 3 is 2.26 bits per heavy atom. The molecule has 0 spiro atoms. The van der Waals surface area contributed by atoms with Crippen molar-refractivity contribution in [2.75, 3.05) is 5.75 Å². The maximum absolute atomic E-state index is 12.4. The van der Waals surface area contributed by atoms with Crippen LogP contribution in [0.25, 0.3) is 0 Å². The van der Waals surface area contributed by atoms with Gasteiger partial charge in [0.25, 0.3) is 11.8 Å². The van der Waals surface area contributed by atoms with Gasteiger partial charge < -0.3 is 9.40 Å². The van der Waals surface area contributed by atoms with Crippen molar-refractivity contribution in [3.63, 3.8) is 0 Å². The summed E-state index contributed by atoms with van der Waals surface area (Å²) in [5.74, 6) is -0.771. The van der Waals surface area contributed by atoms with Crippen LogP contribution in [0.2, 0.25) is 0 Å². The molecule has 1 aliphatic heterocycles. The zero-order chi connectivity index (χ0) is 21.4. The molecule has 1 aliphatic carbocycles. The fourth-order valence-electron chi connectivity index (χ4n) is 3.47. The van der Waals surface area contributed by atoms with Gasteiger partial charge >= 0.3 is 5.97 Å². The second-order valence-corrected chi connectivity index (χ2v) is 8.33. The van der Waals surface area contributed by atoms with Crippen molar-refractivity contribution in [2.45, 2.75) is 30.5 Å². The molecule has 0 bridgehead atoms. The fourth-order valence-corrected chi connectivity index (χ4v) is 4.18. The average Bonchev–Trinajstić information content (AvgIpc) is 3.52.